The molecule has 21 heavy (non-hydrogen) atoms. The fourth-order valence-corrected chi connectivity index (χ4v) is 1.82. The number of carbonyl (C=O) groups excluding carboxylic acids is 1. The van der Waals surface area contributed by atoms with Crippen LogP contribution >= 0.6 is 0 Å². The minimum absolute atomic E-state index is 0.350. The minimum Gasteiger partial charge on any atom is -0.494 e. The third kappa shape index (κ3) is 7.35. The van der Waals surface area contributed by atoms with Gasteiger partial charge in [-0.1, -0.05) is 30.9 Å². The molecule has 1 rings (SSSR count). The van der Waals surface area contributed by atoms with Crippen molar-refractivity contribution in [3.63, 3.8) is 0 Å². The van der Waals surface area contributed by atoms with Crippen LogP contribution in [0.15, 0.2) is 43.5 Å². The Morgan fingerprint density at radius 1 is 1.10 bits per heavy atom. The van der Waals surface area contributed by atoms with Crippen LogP contribution in [-0.4, -0.2) is 19.2 Å². The van der Waals surface area contributed by atoms with Crippen LogP contribution in [0.25, 0.3) is 5.57 Å². The van der Waals surface area contributed by atoms with Crippen LogP contribution in [0.4, 0.5) is 0 Å². The molecule has 0 aromatic heterocycles. The lowest BCUT2D eigenvalue weighted by atomic mass is 10.1. The van der Waals surface area contributed by atoms with Gasteiger partial charge in [-0.25, -0.2) is 4.79 Å². The van der Waals surface area contributed by atoms with Crippen molar-refractivity contribution in [2.75, 3.05) is 13.2 Å². The van der Waals surface area contributed by atoms with Gasteiger partial charge < -0.3 is 9.47 Å². The van der Waals surface area contributed by atoms with E-state index in [4.69, 9.17) is 9.47 Å². The molecule has 0 saturated carbocycles. The van der Waals surface area contributed by atoms with Gasteiger partial charge in [0.15, 0.2) is 0 Å². The maximum Gasteiger partial charge on any atom is 0.330 e. The molecular weight excluding hydrogens is 264 g/mol. The summed E-state index contributed by atoms with van der Waals surface area (Å²) < 4.78 is 10.6. The van der Waals surface area contributed by atoms with E-state index >= 15 is 0 Å². The number of esters is 1. The Morgan fingerprint density at radius 3 is 2.29 bits per heavy atom. The van der Waals surface area contributed by atoms with E-state index in [0.29, 0.717) is 13.2 Å². The Labute approximate surface area is 127 Å². The first-order valence-electron chi connectivity index (χ1n) is 7.31. The van der Waals surface area contributed by atoms with Crippen molar-refractivity contribution < 1.29 is 14.3 Å². The molecule has 0 atom stereocenters. The number of rotatable bonds is 10. The predicted octanol–water partition coefficient (Wildman–Crippen LogP) is 4.39. The number of unbranched alkanes of at least 4 members (excludes halogenated alkanes) is 3. The van der Waals surface area contributed by atoms with Crippen LogP contribution in [0, 0.1) is 0 Å². The highest BCUT2D eigenvalue weighted by atomic mass is 16.5. The van der Waals surface area contributed by atoms with E-state index in [-0.39, 0.29) is 5.97 Å². The molecule has 0 radical (unpaired) electrons. The van der Waals surface area contributed by atoms with Gasteiger partial charge >= 0.3 is 5.97 Å². The van der Waals surface area contributed by atoms with Crippen LogP contribution in [0.2, 0.25) is 0 Å². The van der Waals surface area contributed by atoms with Crippen LogP contribution in [0.1, 0.15) is 38.2 Å². The summed E-state index contributed by atoms with van der Waals surface area (Å²) in [5.74, 6) is 0.538. The van der Waals surface area contributed by atoms with Crippen LogP contribution in [-0.2, 0) is 9.53 Å². The molecule has 3 heteroatoms. The third-order valence-electron chi connectivity index (χ3n) is 3.07. The van der Waals surface area contributed by atoms with E-state index in [1.165, 1.54) is 6.08 Å². The third-order valence-corrected chi connectivity index (χ3v) is 3.07. The zero-order chi connectivity index (χ0) is 15.5. The largest absolute Gasteiger partial charge is 0.494 e. The Morgan fingerprint density at radius 2 is 1.71 bits per heavy atom. The van der Waals surface area contributed by atoms with E-state index in [1.54, 1.807) is 0 Å². The standard InChI is InChI=1S/C18H24O3/c1-4-18(19)21-14-8-6-5-7-13-20-17-11-9-16(10-12-17)15(2)3/h4,9-12H,1-2,5-8,13-14H2,3H3. The van der Waals surface area contributed by atoms with Crippen molar-refractivity contribution in [2.24, 2.45) is 0 Å². The van der Waals surface area contributed by atoms with Gasteiger partial charge in [0.05, 0.1) is 13.2 Å². The fraction of sp³-hybridized carbons (Fsp3) is 0.389. The number of benzene rings is 1. The van der Waals surface area contributed by atoms with Gasteiger partial charge in [-0.15, -0.1) is 0 Å². The first kappa shape index (κ1) is 17.0. The highest BCUT2D eigenvalue weighted by Crippen LogP contribution is 2.17. The Bertz CT molecular complexity index is 460. The van der Waals surface area contributed by atoms with E-state index < -0.39 is 0 Å². The molecule has 1 aromatic carbocycles. The molecule has 0 saturated heterocycles. The molecule has 3 nitrogen and oxygen atoms in total. The molecule has 0 bridgehead atoms. The first-order chi connectivity index (χ1) is 10.1. The summed E-state index contributed by atoms with van der Waals surface area (Å²) in [6, 6.07) is 7.98. The summed E-state index contributed by atoms with van der Waals surface area (Å²) in [6.45, 7) is 10.4. The monoisotopic (exact) mass is 288 g/mol. The van der Waals surface area contributed by atoms with Gasteiger partial charge in [-0.3, -0.25) is 0 Å². The summed E-state index contributed by atoms with van der Waals surface area (Å²) in [5.41, 5.74) is 2.19. The van der Waals surface area contributed by atoms with Crippen LogP contribution in [0.5, 0.6) is 5.75 Å². The van der Waals surface area contributed by atoms with Crippen molar-refractivity contribution in [1.82, 2.24) is 0 Å². The summed E-state index contributed by atoms with van der Waals surface area (Å²) in [5, 5.41) is 0. The maximum absolute atomic E-state index is 10.8. The Kier molecular flexibility index (Phi) is 7.95. The van der Waals surface area contributed by atoms with Gasteiger partial charge in [0, 0.05) is 6.08 Å². The second-order valence-electron chi connectivity index (χ2n) is 4.94. The molecule has 114 valence electrons. The van der Waals surface area contributed by atoms with E-state index in [0.717, 1.165) is 42.6 Å². The fourth-order valence-electron chi connectivity index (χ4n) is 1.82. The zero-order valence-corrected chi connectivity index (χ0v) is 12.8. The summed E-state index contributed by atoms with van der Waals surface area (Å²) in [6.07, 6.45) is 5.16. The lowest BCUT2D eigenvalue weighted by molar-refractivity contribution is -0.137. The van der Waals surface area contributed by atoms with Crippen molar-refractivity contribution in [3.8, 4) is 5.75 Å². The highest BCUT2D eigenvalue weighted by Gasteiger charge is 1.98. The second-order valence-corrected chi connectivity index (χ2v) is 4.94. The summed E-state index contributed by atoms with van der Waals surface area (Å²) in [4.78, 5) is 10.8. The lowest BCUT2D eigenvalue weighted by Crippen LogP contribution is -2.02. The molecule has 0 aliphatic rings. The van der Waals surface area contributed by atoms with Crippen LogP contribution < -0.4 is 4.74 Å². The van der Waals surface area contributed by atoms with Gasteiger partial charge in [0.1, 0.15) is 5.75 Å². The number of ether oxygens (including phenoxy) is 2. The number of hydrogen-bond donors (Lipinski definition) is 0. The van der Waals surface area contributed by atoms with Crippen molar-refractivity contribution in [2.45, 2.75) is 32.6 Å². The summed E-state index contributed by atoms with van der Waals surface area (Å²) in [7, 11) is 0. The predicted molar refractivity (Wildman–Crippen MR) is 86.3 cm³/mol. The molecule has 0 amide bonds. The molecule has 0 aliphatic heterocycles. The average Bonchev–Trinajstić information content (AvgIpc) is 2.50. The number of hydrogen-bond acceptors (Lipinski definition) is 3. The minimum atomic E-state index is -0.350. The molecule has 0 aliphatic carbocycles. The first-order valence-corrected chi connectivity index (χ1v) is 7.31. The summed E-state index contributed by atoms with van der Waals surface area (Å²) >= 11 is 0. The lowest BCUT2D eigenvalue weighted by Gasteiger charge is -2.07. The van der Waals surface area contributed by atoms with Gasteiger partial charge in [-0.05, 0) is 50.3 Å². The van der Waals surface area contributed by atoms with Crippen molar-refractivity contribution >= 4 is 11.5 Å². The molecule has 1 aromatic rings. The Hall–Kier alpha value is -2.03. The zero-order valence-electron chi connectivity index (χ0n) is 12.8. The SMILES string of the molecule is C=CC(=O)OCCCCCCOc1ccc(C(=C)C)cc1. The van der Waals surface area contributed by atoms with Crippen LogP contribution in [0.3, 0.4) is 0 Å². The molecule has 0 fully saturated rings. The molecule has 0 spiro atoms. The Balaban J connectivity index is 2.05. The van der Waals surface area contributed by atoms with Gasteiger partial charge in [-0.2, -0.15) is 0 Å². The maximum atomic E-state index is 10.8. The van der Waals surface area contributed by atoms with E-state index in [9.17, 15) is 4.79 Å². The smallest absolute Gasteiger partial charge is 0.330 e. The number of allylic oxidation sites excluding steroid dienone is 1. The molecule has 0 N–H and O–H groups in total. The van der Waals surface area contributed by atoms with E-state index in [2.05, 4.69) is 13.2 Å². The molecule has 0 heterocycles. The molecular formula is C18H24O3. The second kappa shape index (κ2) is 9.81. The number of carbonyl (C=O) groups is 1. The van der Waals surface area contributed by atoms with Crippen molar-refractivity contribution in [3.05, 3.63) is 49.1 Å². The normalized spacial score (nSPS) is 9.95. The van der Waals surface area contributed by atoms with E-state index in [1.807, 2.05) is 31.2 Å². The van der Waals surface area contributed by atoms with Gasteiger partial charge in [0.25, 0.3) is 0 Å². The van der Waals surface area contributed by atoms with Gasteiger partial charge in [0.2, 0.25) is 0 Å². The highest BCUT2D eigenvalue weighted by molar-refractivity contribution is 5.81. The van der Waals surface area contributed by atoms with Crippen molar-refractivity contribution in [1.29, 1.82) is 0 Å². The quantitative estimate of drug-likeness (QED) is 0.364. The molecule has 0 unspecified atom stereocenters. The topological polar surface area (TPSA) is 35.5 Å². The average molecular weight is 288 g/mol.